The Labute approximate surface area is 164 Å². The number of hydrogen-bond donors (Lipinski definition) is 1. The first kappa shape index (κ1) is 18.9. The molecule has 2 aliphatic heterocycles. The Kier molecular flexibility index (Phi) is 5.32. The third-order valence-electron chi connectivity index (χ3n) is 5.32. The highest BCUT2D eigenvalue weighted by Crippen LogP contribution is 2.31. The molecule has 4 heterocycles. The average molecular weight is 385 g/mol. The topological polar surface area (TPSA) is 81.5 Å². The fourth-order valence-electron chi connectivity index (χ4n) is 4.04. The van der Waals surface area contributed by atoms with E-state index in [0.717, 1.165) is 35.7 Å². The van der Waals surface area contributed by atoms with Gasteiger partial charge in [-0.2, -0.15) is 5.10 Å². The highest BCUT2D eigenvalue weighted by Gasteiger charge is 2.31. The highest BCUT2D eigenvalue weighted by atomic mass is 16.5. The van der Waals surface area contributed by atoms with E-state index >= 15 is 0 Å². The van der Waals surface area contributed by atoms with Crippen LogP contribution in [0.3, 0.4) is 0 Å². The van der Waals surface area contributed by atoms with Crippen molar-refractivity contribution in [2.45, 2.75) is 39.0 Å². The molecule has 150 valence electrons. The monoisotopic (exact) mass is 385 g/mol. The van der Waals surface area contributed by atoms with Crippen LogP contribution in [0.2, 0.25) is 0 Å². The maximum absolute atomic E-state index is 13.0. The zero-order valence-corrected chi connectivity index (χ0v) is 16.6. The summed E-state index contributed by atoms with van der Waals surface area (Å²) in [5.41, 5.74) is 3.47. The van der Waals surface area contributed by atoms with Gasteiger partial charge in [0.2, 0.25) is 0 Å². The maximum atomic E-state index is 13.0. The van der Waals surface area contributed by atoms with Gasteiger partial charge in [-0.1, -0.05) is 6.07 Å². The normalized spacial score (nSPS) is 22.0. The molecule has 1 N–H and O–H groups in total. The standard InChI is InChI=1S/C20H27N5O3/c1-13-11-16-17(14(2)28-13)23-24(3)18(16)20(26)22-12-15-5-4-6-21-19(15)25-7-9-27-10-8-25/h4-6,13-14H,7-12H2,1-3H3,(H,22,26)/t13-,14+/m1/s1. The van der Waals surface area contributed by atoms with Crippen LogP contribution >= 0.6 is 0 Å². The molecule has 2 atom stereocenters. The van der Waals surface area contributed by atoms with Crippen LogP contribution in [-0.2, 0) is 29.5 Å². The number of morpholine rings is 1. The van der Waals surface area contributed by atoms with Crippen LogP contribution in [0.1, 0.15) is 47.3 Å². The molecule has 0 aliphatic carbocycles. The maximum Gasteiger partial charge on any atom is 0.270 e. The number of carbonyl (C=O) groups excluding carboxylic acids is 1. The molecule has 2 aromatic heterocycles. The van der Waals surface area contributed by atoms with Crippen LogP contribution in [0.5, 0.6) is 0 Å². The number of nitrogens with one attached hydrogen (secondary N) is 1. The van der Waals surface area contributed by atoms with Gasteiger partial charge < -0.3 is 19.7 Å². The van der Waals surface area contributed by atoms with E-state index in [9.17, 15) is 4.79 Å². The Balaban J connectivity index is 1.52. The third-order valence-corrected chi connectivity index (χ3v) is 5.32. The van der Waals surface area contributed by atoms with E-state index in [2.05, 4.69) is 20.3 Å². The molecule has 0 unspecified atom stereocenters. The lowest BCUT2D eigenvalue weighted by atomic mass is 9.99. The van der Waals surface area contributed by atoms with Crippen LogP contribution in [0.4, 0.5) is 5.82 Å². The molecule has 1 saturated heterocycles. The third kappa shape index (κ3) is 3.62. The van der Waals surface area contributed by atoms with Gasteiger partial charge in [0, 0.05) is 50.4 Å². The minimum Gasteiger partial charge on any atom is -0.378 e. The highest BCUT2D eigenvalue weighted by molar-refractivity contribution is 5.94. The quantitative estimate of drug-likeness (QED) is 0.861. The second kappa shape index (κ2) is 7.89. The van der Waals surface area contributed by atoms with Crippen LogP contribution in [0.15, 0.2) is 18.3 Å². The van der Waals surface area contributed by atoms with E-state index in [1.165, 1.54) is 0 Å². The van der Waals surface area contributed by atoms with Gasteiger partial charge in [-0.05, 0) is 19.9 Å². The first-order valence-corrected chi connectivity index (χ1v) is 9.80. The number of pyridine rings is 1. The van der Waals surface area contributed by atoms with Gasteiger partial charge in [0.25, 0.3) is 5.91 Å². The van der Waals surface area contributed by atoms with Crippen molar-refractivity contribution in [3.63, 3.8) is 0 Å². The molecule has 0 bridgehead atoms. The summed E-state index contributed by atoms with van der Waals surface area (Å²) in [6.45, 7) is 7.43. The minimum absolute atomic E-state index is 0.0736. The molecular weight excluding hydrogens is 358 g/mol. The number of rotatable bonds is 4. The number of aryl methyl sites for hydroxylation is 1. The molecule has 8 heteroatoms. The first-order chi connectivity index (χ1) is 13.5. The Hall–Kier alpha value is -2.45. The van der Waals surface area contributed by atoms with Crippen molar-refractivity contribution in [1.82, 2.24) is 20.1 Å². The minimum atomic E-state index is -0.116. The van der Waals surface area contributed by atoms with E-state index in [4.69, 9.17) is 9.47 Å². The molecule has 2 aliphatic rings. The fraction of sp³-hybridized carbons (Fsp3) is 0.550. The lowest BCUT2D eigenvalue weighted by Gasteiger charge is -2.29. The predicted molar refractivity (Wildman–Crippen MR) is 104 cm³/mol. The summed E-state index contributed by atoms with van der Waals surface area (Å²) in [6, 6.07) is 3.91. The van der Waals surface area contributed by atoms with Crippen LogP contribution < -0.4 is 10.2 Å². The number of aromatic nitrogens is 3. The lowest BCUT2D eigenvalue weighted by molar-refractivity contribution is -0.00710. The van der Waals surface area contributed by atoms with Gasteiger partial charge in [-0.15, -0.1) is 0 Å². The average Bonchev–Trinajstić information content (AvgIpc) is 3.03. The molecule has 0 aromatic carbocycles. The van der Waals surface area contributed by atoms with E-state index < -0.39 is 0 Å². The van der Waals surface area contributed by atoms with Gasteiger partial charge in [-0.25, -0.2) is 4.98 Å². The number of nitrogens with zero attached hydrogens (tertiary/aromatic N) is 4. The van der Waals surface area contributed by atoms with E-state index in [1.807, 2.05) is 33.0 Å². The Morgan fingerprint density at radius 3 is 2.89 bits per heavy atom. The van der Waals surface area contributed by atoms with Crippen LogP contribution in [0, 0.1) is 0 Å². The van der Waals surface area contributed by atoms with Gasteiger partial charge >= 0.3 is 0 Å². The summed E-state index contributed by atoms with van der Waals surface area (Å²) in [4.78, 5) is 19.7. The van der Waals surface area contributed by atoms with Crippen molar-refractivity contribution in [2.24, 2.45) is 7.05 Å². The first-order valence-electron chi connectivity index (χ1n) is 9.80. The van der Waals surface area contributed by atoms with Crippen molar-refractivity contribution < 1.29 is 14.3 Å². The van der Waals surface area contributed by atoms with Crippen molar-refractivity contribution in [2.75, 3.05) is 31.2 Å². The molecule has 4 rings (SSSR count). The SMILES string of the molecule is C[C@@H]1Cc2c(nn(C)c2C(=O)NCc2cccnc2N2CCOCC2)[C@H](C)O1. The van der Waals surface area contributed by atoms with Gasteiger partial charge in [0.15, 0.2) is 0 Å². The summed E-state index contributed by atoms with van der Waals surface area (Å²) in [5.74, 6) is 0.795. The lowest BCUT2D eigenvalue weighted by Crippen LogP contribution is -2.38. The number of amides is 1. The fourth-order valence-corrected chi connectivity index (χ4v) is 4.04. The largest absolute Gasteiger partial charge is 0.378 e. The summed E-state index contributed by atoms with van der Waals surface area (Å²) in [5, 5.41) is 7.59. The predicted octanol–water partition coefficient (Wildman–Crippen LogP) is 1.60. The van der Waals surface area contributed by atoms with Crippen molar-refractivity contribution in [1.29, 1.82) is 0 Å². The van der Waals surface area contributed by atoms with Crippen molar-refractivity contribution in [3.05, 3.63) is 40.8 Å². The Morgan fingerprint density at radius 2 is 2.11 bits per heavy atom. The second-order valence-electron chi connectivity index (χ2n) is 7.40. The van der Waals surface area contributed by atoms with Crippen molar-refractivity contribution in [3.8, 4) is 0 Å². The summed E-state index contributed by atoms with van der Waals surface area (Å²) < 4.78 is 12.9. The van der Waals surface area contributed by atoms with Crippen LogP contribution in [-0.4, -0.2) is 53.1 Å². The number of hydrogen-bond acceptors (Lipinski definition) is 6. The van der Waals surface area contributed by atoms with E-state index in [-0.39, 0.29) is 18.1 Å². The number of anilines is 1. The molecule has 28 heavy (non-hydrogen) atoms. The number of carbonyl (C=O) groups is 1. The molecule has 0 saturated carbocycles. The molecule has 1 fully saturated rings. The number of fused-ring (bicyclic) bond motifs is 1. The van der Waals surface area contributed by atoms with Gasteiger partial charge in [0.05, 0.1) is 31.1 Å². The zero-order valence-electron chi connectivity index (χ0n) is 16.6. The Bertz CT molecular complexity index is 860. The van der Waals surface area contributed by atoms with Crippen molar-refractivity contribution >= 4 is 11.7 Å². The zero-order chi connectivity index (χ0) is 19.7. The van der Waals surface area contributed by atoms with E-state index in [0.29, 0.717) is 31.9 Å². The molecular formula is C20H27N5O3. The van der Waals surface area contributed by atoms with E-state index in [1.54, 1.807) is 10.9 Å². The van der Waals surface area contributed by atoms with Gasteiger partial charge in [0.1, 0.15) is 11.5 Å². The molecule has 1 amide bonds. The molecule has 0 spiro atoms. The molecule has 8 nitrogen and oxygen atoms in total. The summed E-state index contributed by atoms with van der Waals surface area (Å²) >= 11 is 0. The van der Waals surface area contributed by atoms with Crippen LogP contribution in [0.25, 0.3) is 0 Å². The van der Waals surface area contributed by atoms with Gasteiger partial charge in [-0.3, -0.25) is 9.48 Å². The number of ether oxygens (including phenoxy) is 2. The summed E-state index contributed by atoms with van der Waals surface area (Å²) in [6.07, 6.45) is 2.46. The molecule has 0 radical (unpaired) electrons. The smallest absolute Gasteiger partial charge is 0.270 e. The second-order valence-corrected chi connectivity index (χ2v) is 7.40. The Morgan fingerprint density at radius 1 is 1.32 bits per heavy atom. The molecule has 2 aromatic rings. The summed E-state index contributed by atoms with van der Waals surface area (Å²) in [7, 11) is 1.81.